The number of nitrogens with zero attached hydrogens (tertiary/aromatic N) is 3. The Kier molecular flexibility index (Phi) is 5.44. The molecule has 0 atom stereocenters. The number of hydrogen-bond donors (Lipinski definition) is 1. The highest BCUT2D eigenvalue weighted by atomic mass is 19.1. The lowest BCUT2D eigenvalue weighted by Crippen LogP contribution is -2.44. The standard InChI is InChI=1S/C26H28FN3O3/c1-17(2)30-16-20(22-13-21(27)7-8-24(22)30)15-29-11-9-26(10-12-29)14-23(28-33-26)18-3-5-19(6-4-18)25(31)32/h3-8,13,16-17H,9-12,14-15H2,1-2H3,(H,31,32). The average molecular weight is 450 g/mol. The van der Waals surface area contributed by atoms with Gasteiger partial charge in [-0.15, -0.1) is 0 Å². The Bertz CT molecular complexity index is 1220. The van der Waals surface area contributed by atoms with E-state index in [4.69, 9.17) is 9.94 Å². The predicted octanol–water partition coefficient (Wildman–Crippen LogP) is 5.22. The van der Waals surface area contributed by atoms with Gasteiger partial charge in [0, 0.05) is 62.0 Å². The van der Waals surface area contributed by atoms with Gasteiger partial charge in [-0.1, -0.05) is 17.3 Å². The van der Waals surface area contributed by atoms with E-state index in [2.05, 4.69) is 34.7 Å². The van der Waals surface area contributed by atoms with Crippen molar-refractivity contribution in [3.8, 4) is 0 Å². The SMILES string of the molecule is CC(C)n1cc(CN2CCC3(CC2)CC(c2ccc(C(=O)O)cc2)=NO3)c2cc(F)ccc21. The van der Waals surface area contributed by atoms with Crippen molar-refractivity contribution in [1.29, 1.82) is 0 Å². The van der Waals surface area contributed by atoms with Gasteiger partial charge in [-0.05, 0) is 55.3 Å². The monoisotopic (exact) mass is 449 g/mol. The van der Waals surface area contributed by atoms with Crippen LogP contribution in [0.25, 0.3) is 10.9 Å². The van der Waals surface area contributed by atoms with Crippen molar-refractivity contribution in [2.24, 2.45) is 5.16 Å². The van der Waals surface area contributed by atoms with E-state index >= 15 is 0 Å². The summed E-state index contributed by atoms with van der Waals surface area (Å²) in [6, 6.07) is 12.1. The zero-order chi connectivity index (χ0) is 23.2. The molecule has 2 aliphatic heterocycles. The molecule has 1 aromatic heterocycles. The molecule has 3 heterocycles. The lowest BCUT2D eigenvalue weighted by molar-refractivity contribution is -0.0626. The van der Waals surface area contributed by atoms with Crippen LogP contribution in [0.1, 0.15) is 60.6 Å². The number of fused-ring (bicyclic) bond motifs is 1. The first-order valence-corrected chi connectivity index (χ1v) is 11.4. The molecular weight excluding hydrogens is 421 g/mol. The Morgan fingerprint density at radius 3 is 2.58 bits per heavy atom. The Morgan fingerprint density at radius 1 is 1.18 bits per heavy atom. The number of likely N-dealkylation sites (tertiary alicyclic amines) is 1. The topological polar surface area (TPSA) is 67.1 Å². The van der Waals surface area contributed by atoms with E-state index in [0.717, 1.165) is 66.6 Å². The number of rotatable bonds is 5. The molecule has 0 amide bonds. The molecule has 7 heteroatoms. The number of halogens is 1. The molecule has 1 spiro atoms. The molecule has 1 saturated heterocycles. The molecule has 33 heavy (non-hydrogen) atoms. The molecule has 0 aliphatic carbocycles. The molecule has 2 aromatic carbocycles. The molecule has 1 fully saturated rings. The van der Waals surface area contributed by atoms with Crippen molar-refractivity contribution in [1.82, 2.24) is 9.47 Å². The van der Waals surface area contributed by atoms with Crippen LogP contribution in [-0.2, 0) is 11.4 Å². The van der Waals surface area contributed by atoms with Gasteiger partial charge < -0.3 is 14.5 Å². The minimum atomic E-state index is -0.936. The van der Waals surface area contributed by atoms with Crippen LogP contribution >= 0.6 is 0 Å². The summed E-state index contributed by atoms with van der Waals surface area (Å²) < 4.78 is 16.2. The number of hydrogen-bond acceptors (Lipinski definition) is 4. The molecule has 3 aromatic rings. The van der Waals surface area contributed by atoms with E-state index in [1.165, 1.54) is 6.07 Å². The number of oxime groups is 1. The first-order chi connectivity index (χ1) is 15.8. The summed E-state index contributed by atoms with van der Waals surface area (Å²) in [7, 11) is 0. The summed E-state index contributed by atoms with van der Waals surface area (Å²) >= 11 is 0. The highest BCUT2D eigenvalue weighted by molar-refractivity contribution is 6.02. The fraction of sp³-hybridized carbons (Fsp3) is 0.385. The second-order valence-electron chi connectivity index (χ2n) is 9.46. The smallest absolute Gasteiger partial charge is 0.335 e. The van der Waals surface area contributed by atoms with Crippen molar-refractivity contribution in [2.45, 2.75) is 51.3 Å². The van der Waals surface area contributed by atoms with Gasteiger partial charge >= 0.3 is 5.97 Å². The average Bonchev–Trinajstić information content (AvgIpc) is 3.37. The molecule has 0 bridgehead atoms. The molecule has 0 unspecified atom stereocenters. The molecule has 2 aliphatic rings. The highest BCUT2D eigenvalue weighted by Gasteiger charge is 2.42. The first kappa shape index (κ1) is 21.6. The number of carbonyl (C=O) groups is 1. The van der Waals surface area contributed by atoms with Gasteiger partial charge in [-0.2, -0.15) is 0 Å². The minimum Gasteiger partial charge on any atom is -0.478 e. The maximum atomic E-state index is 14.0. The summed E-state index contributed by atoms with van der Waals surface area (Å²) in [4.78, 5) is 19.4. The zero-order valence-corrected chi connectivity index (χ0v) is 18.9. The number of piperidine rings is 1. The van der Waals surface area contributed by atoms with Crippen molar-refractivity contribution < 1.29 is 19.1 Å². The highest BCUT2D eigenvalue weighted by Crippen LogP contribution is 2.37. The lowest BCUT2D eigenvalue weighted by Gasteiger charge is -2.37. The van der Waals surface area contributed by atoms with Gasteiger partial charge in [0.05, 0.1) is 11.3 Å². The quantitative estimate of drug-likeness (QED) is 0.580. The van der Waals surface area contributed by atoms with Crippen molar-refractivity contribution in [2.75, 3.05) is 13.1 Å². The third kappa shape index (κ3) is 4.13. The van der Waals surface area contributed by atoms with Crippen LogP contribution < -0.4 is 0 Å². The van der Waals surface area contributed by atoms with Crippen molar-refractivity contribution >= 4 is 22.6 Å². The van der Waals surface area contributed by atoms with E-state index in [0.29, 0.717) is 6.04 Å². The Labute approximate surface area is 192 Å². The van der Waals surface area contributed by atoms with Gasteiger partial charge in [-0.25, -0.2) is 9.18 Å². The second-order valence-corrected chi connectivity index (χ2v) is 9.46. The number of aromatic carboxylic acids is 1. The molecule has 1 N–H and O–H groups in total. The van der Waals surface area contributed by atoms with Gasteiger partial charge in [0.2, 0.25) is 0 Å². The van der Waals surface area contributed by atoms with Gasteiger partial charge in [0.15, 0.2) is 0 Å². The maximum absolute atomic E-state index is 14.0. The number of benzene rings is 2. The lowest BCUT2D eigenvalue weighted by atomic mass is 9.85. The zero-order valence-electron chi connectivity index (χ0n) is 18.9. The van der Waals surface area contributed by atoms with Gasteiger partial charge in [0.1, 0.15) is 11.4 Å². The van der Waals surface area contributed by atoms with Crippen LogP contribution in [0.15, 0.2) is 53.8 Å². The molecule has 172 valence electrons. The van der Waals surface area contributed by atoms with E-state index < -0.39 is 5.97 Å². The third-order valence-electron chi connectivity index (χ3n) is 6.90. The summed E-state index contributed by atoms with van der Waals surface area (Å²) in [6.45, 7) is 6.82. The van der Waals surface area contributed by atoms with Crippen LogP contribution in [-0.4, -0.2) is 44.9 Å². The molecule has 5 rings (SSSR count). The van der Waals surface area contributed by atoms with Gasteiger partial charge in [0.25, 0.3) is 0 Å². The predicted molar refractivity (Wildman–Crippen MR) is 125 cm³/mol. The van der Waals surface area contributed by atoms with E-state index in [1.807, 2.05) is 6.07 Å². The first-order valence-electron chi connectivity index (χ1n) is 11.4. The molecule has 6 nitrogen and oxygen atoms in total. The second kappa shape index (κ2) is 8.30. The molecular formula is C26H28FN3O3. The number of aromatic nitrogens is 1. The largest absolute Gasteiger partial charge is 0.478 e. The fourth-order valence-electron chi connectivity index (χ4n) is 4.96. The van der Waals surface area contributed by atoms with Crippen LogP contribution in [0.5, 0.6) is 0 Å². The Balaban J connectivity index is 1.25. The Morgan fingerprint density at radius 2 is 1.91 bits per heavy atom. The maximum Gasteiger partial charge on any atom is 0.335 e. The van der Waals surface area contributed by atoms with E-state index in [-0.39, 0.29) is 17.0 Å². The van der Waals surface area contributed by atoms with Crippen molar-refractivity contribution in [3.63, 3.8) is 0 Å². The molecule has 0 saturated carbocycles. The fourth-order valence-corrected chi connectivity index (χ4v) is 4.96. The number of carboxylic acid groups (broad SMARTS) is 1. The van der Waals surface area contributed by atoms with Crippen LogP contribution in [0, 0.1) is 5.82 Å². The summed E-state index contributed by atoms with van der Waals surface area (Å²) in [5.74, 6) is -1.14. The summed E-state index contributed by atoms with van der Waals surface area (Å²) in [6.07, 6.45) is 4.62. The van der Waals surface area contributed by atoms with E-state index in [1.54, 1.807) is 30.3 Å². The Hall–Kier alpha value is -3.19. The summed E-state index contributed by atoms with van der Waals surface area (Å²) in [5, 5.41) is 14.4. The summed E-state index contributed by atoms with van der Waals surface area (Å²) in [5.41, 5.74) is 3.96. The number of carboxylic acids is 1. The van der Waals surface area contributed by atoms with Crippen LogP contribution in [0.2, 0.25) is 0 Å². The van der Waals surface area contributed by atoms with Crippen molar-refractivity contribution in [3.05, 3.63) is 71.2 Å². The van der Waals surface area contributed by atoms with Crippen LogP contribution in [0.3, 0.4) is 0 Å². The third-order valence-corrected chi connectivity index (χ3v) is 6.90. The van der Waals surface area contributed by atoms with Gasteiger partial charge in [-0.3, -0.25) is 4.90 Å². The van der Waals surface area contributed by atoms with Crippen LogP contribution in [0.4, 0.5) is 4.39 Å². The minimum absolute atomic E-state index is 0.205. The molecule has 0 radical (unpaired) electrons. The van der Waals surface area contributed by atoms with E-state index in [9.17, 15) is 9.18 Å². The normalized spacial score (nSPS) is 18.1.